The van der Waals surface area contributed by atoms with Gasteiger partial charge in [0.15, 0.2) is 0 Å². The maximum atomic E-state index is 12.7. The highest BCUT2D eigenvalue weighted by molar-refractivity contribution is 7.89. The molecule has 0 unspecified atom stereocenters. The van der Waals surface area contributed by atoms with E-state index in [1.54, 1.807) is 12.3 Å². The molecule has 12 heteroatoms. The van der Waals surface area contributed by atoms with Crippen LogP contribution in [0.5, 0.6) is 0 Å². The molecule has 2 heterocycles. The Labute approximate surface area is 183 Å². The predicted molar refractivity (Wildman–Crippen MR) is 113 cm³/mol. The molecule has 0 saturated carbocycles. The van der Waals surface area contributed by atoms with Crippen LogP contribution in [0.25, 0.3) is 0 Å². The number of carbonyl (C=O) groups excluding carboxylic acids is 3. The Bertz CT molecular complexity index is 1060. The van der Waals surface area contributed by atoms with E-state index in [-0.39, 0.29) is 40.7 Å². The number of nitrogens with zero attached hydrogens (tertiary/aromatic N) is 1. The van der Waals surface area contributed by atoms with Crippen molar-refractivity contribution in [1.29, 1.82) is 0 Å². The van der Waals surface area contributed by atoms with Crippen LogP contribution in [0.15, 0.2) is 40.6 Å². The molecule has 1 aliphatic heterocycles. The lowest BCUT2D eigenvalue weighted by molar-refractivity contribution is 0.0730. The van der Waals surface area contributed by atoms with Gasteiger partial charge in [0.1, 0.15) is 5.00 Å². The average Bonchev–Trinajstić information content (AvgIpc) is 3.23. The van der Waals surface area contributed by atoms with E-state index in [2.05, 4.69) is 15.4 Å². The Morgan fingerprint density at radius 1 is 1.10 bits per heavy atom. The third-order valence-corrected chi connectivity index (χ3v) is 7.09. The van der Waals surface area contributed by atoms with Crippen LogP contribution < -0.4 is 10.6 Å². The monoisotopic (exact) mass is 467 g/mol. The van der Waals surface area contributed by atoms with Crippen molar-refractivity contribution in [3.8, 4) is 0 Å². The summed E-state index contributed by atoms with van der Waals surface area (Å²) in [5.41, 5.74) is 0.323. The zero-order valence-corrected chi connectivity index (χ0v) is 18.3. The highest BCUT2D eigenvalue weighted by Gasteiger charge is 2.26. The molecular weight excluding hydrogens is 446 g/mol. The van der Waals surface area contributed by atoms with E-state index in [4.69, 9.17) is 4.74 Å². The second kappa shape index (κ2) is 10.0. The molecule has 1 fully saturated rings. The number of ether oxygens (including phenoxy) is 2. The lowest BCUT2D eigenvalue weighted by Gasteiger charge is -2.26. The van der Waals surface area contributed by atoms with Gasteiger partial charge in [-0.1, -0.05) is 0 Å². The Kier molecular flexibility index (Phi) is 7.38. The quantitative estimate of drug-likeness (QED) is 0.663. The smallest absolute Gasteiger partial charge is 0.414 e. The molecule has 0 bridgehead atoms. The lowest BCUT2D eigenvalue weighted by Crippen LogP contribution is -2.40. The molecule has 10 nitrogen and oxygen atoms in total. The second-order valence-electron chi connectivity index (χ2n) is 6.33. The van der Waals surface area contributed by atoms with Gasteiger partial charge in [0, 0.05) is 18.7 Å². The van der Waals surface area contributed by atoms with Crippen molar-refractivity contribution in [2.24, 2.45) is 0 Å². The number of rotatable bonds is 6. The first-order valence-electron chi connectivity index (χ1n) is 9.38. The van der Waals surface area contributed by atoms with Gasteiger partial charge < -0.3 is 14.8 Å². The SMILES string of the molecule is CCOC(=O)NC(=O)c1ccsc1NC(=O)c1ccc(S(=O)(=O)N2CCOCC2)cc1. The van der Waals surface area contributed by atoms with E-state index in [0.29, 0.717) is 13.2 Å². The first-order chi connectivity index (χ1) is 14.8. The summed E-state index contributed by atoms with van der Waals surface area (Å²) in [5, 5.41) is 6.51. The molecule has 1 aromatic heterocycles. The maximum absolute atomic E-state index is 12.7. The van der Waals surface area contributed by atoms with Crippen molar-refractivity contribution < 1.29 is 32.3 Å². The van der Waals surface area contributed by atoms with Gasteiger partial charge in [0.2, 0.25) is 10.0 Å². The fraction of sp³-hybridized carbons (Fsp3) is 0.316. The molecule has 166 valence electrons. The Morgan fingerprint density at radius 3 is 2.42 bits per heavy atom. The largest absolute Gasteiger partial charge is 0.450 e. The Balaban J connectivity index is 1.69. The molecule has 2 aromatic rings. The van der Waals surface area contributed by atoms with Crippen molar-refractivity contribution >= 4 is 44.3 Å². The number of sulfonamides is 1. The molecule has 0 spiro atoms. The summed E-state index contributed by atoms with van der Waals surface area (Å²) in [6, 6.07) is 6.99. The highest BCUT2D eigenvalue weighted by atomic mass is 32.2. The van der Waals surface area contributed by atoms with Gasteiger partial charge in [0.25, 0.3) is 11.8 Å². The molecule has 2 N–H and O–H groups in total. The summed E-state index contributed by atoms with van der Waals surface area (Å²) in [6.45, 7) is 2.96. The van der Waals surface area contributed by atoms with Crippen molar-refractivity contribution in [2.45, 2.75) is 11.8 Å². The van der Waals surface area contributed by atoms with Crippen LogP contribution >= 0.6 is 11.3 Å². The maximum Gasteiger partial charge on any atom is 0.414 e. The summed E-state index contributed by atoms with van der Waals surface area (Å²) in [7, 11) is -3.66. The van der Waals surface area contributed by atoms with Gasteiger partial charge in [-0.2, -0.15) is 4.31 Å². The molecule has 1 saturated heterocycles. The topological polar surface area (TPSA) is 131 Å². The third-order valence-electron chi connectivity index (χ3n) is 4.35. The standard InChI is InChI=1S/C19H21N3O7S2/c1-2-29-19(25)21-17(24)15-7-12-30-18(15)20-16(23)13-3-5-14(6-4-13)31(26,27)22-8-10-28-11-9-22/h3-7,12H,2,8-11H2,1H3,(H,20,23)(H,21,24,25). The number of amides is 3. The van der Waals surface area contributed by atoms with Crippen molar-refractivity contribution in [3.05, 3.63) is 46.8 Å². The summed E-state index contributed by atoms with van der Waals surface area (Å²) >= 11 is 1.11. The van der Waals surface area contributed by atoms with Gasteiger partial charge in [-0.3, -0.25) is 14.9 Å². The summed E-state index contributed by atoms with van der Waals surface area (Å²) < 4.78 is 36.5. The molecule has 1 aliphatic rings. The molecule has 31 heavy (non-hydrogen) atoms. The number of carbonyl (C=O) groups is 3. The molecule has 0 radical (unpaired) electrons. The average molecular weight is 468 g/mol. The van der Waals surface area contributed by atoms with Crippen LogP contribution in [0.2, 0.25) is 0 Å². The highest BCUT2D eigenvalue weighted by Crippen LogP contribution is 2.24. The van der Waals surface area contributed by atoms with Gasteiger partial charge >= 0.3 is 6.09 Å². The van der Waals surface area contributed by atoms with E-state index < -0.39 is 27.9 Å². The van der Waals surface area contributed by atoms with Crippen LogP contribution in [-0.2, 0) is 19.5 Å². The molecule has 3 rings (SSSR count). The van der Waals surface area contributed by atoms with Crippen LogP contribution in [0.4, 0.5) is 9.80 Å². The second-order valence-corrected chi connectivity index (χ2v) is 9.19. The van der Waals surface area contributed by atoms with Crippen molar-refractivity contribution in [3.63, 3.8) is 0 Å². The van der Waals surface area contributed by atoms with Crippen molar-refractivity contribution in [1.82, 2.24) is 9.62 Å². The number of alkyl carbamates (subject to hydrolysis) is 1. The number of morpholine rings is 1. The number of thiophene rings is 1. The first-order valence-corrected chi connectivity index (χ1v) is 11.7. The number of hydrogen-bond donors (Lipinski definition) is 2. The van der Waals surface area contributed by atoms with Crippen LogP contribution in [0.3, 0.4) is 0 Å². The van der Waals surface area contributed by atoms with Gasteiger partial charge in [-0.25, -0.2) is 13.2 Å². The number of anilines is 1. The summed E-state index contributed by atoms with van der Waals surface area (Å²) in [4.78, 5) is 36.3. The summed E-state index contributed by atoms with van der Waals surface area (Å²) in [5.74, 6) is -1.23. The minimum atomic E-state index is -3.66. The first kappa shape index (κ1) is 22.9. The molecular formula is C19H21N3O7S2. The van der Waals surface area contributed by atoms with Crippen LogP contribution in [-0.4, -0.2) is 63.5 Å². The van der Waals surface area contributed by atoms with Crippen LogP contribution in [0, 0.1) is 0 Å². The summed E-state index contributed by atoms with van der Waals surface area (Å²) in [6.07, 6.45) is -0.881. The number of imide groups is 1. The minimum Gasteiger partial charge on any atom is -0.450 e. The zero-order valence-electron chi connectivity index (χ0n) is 16.6. The molecule has 3 amide bonds. The lowest BCUT2D eigenvalue weighted by atomic mass is 10.2. The molecule has 0 aliphatic carbocycles. The van der Waals surface area contributed by atoms with Crippen molar-refractivity contribution in [2.75, 3.05) is 38.2 Å². The molecule has 1 aromatic carbocycles. The third kappa shape index (κ3) is 5.47. The number of hydrogen-bond acceptors (Lipinski definition) is 8. The van der Waals surface area contributed by atoms with E-state index in [0.717, 1.165) is 11.3 Å². The number of nitrogens with one attached hydrogen (secondary N) is 2. The van der Waals surface area contributed by atoms with E-state index in [1.165, 1.54) is 34.6 Å². The van der Waals surface area contributed by atoms with E-state index in [1.807, 2.05) is 0 Å². The minimum absolute atomic E-state index is 0.0802. The van der Waals surface area contributed by atoms with Gasteiger partial charge in [-0.15, -0.1) is 11.3 Å². The fourth-order valence-electron chi connectivity index (χ4n) is 2.80. The number of benzene rings is 1. The van der Waals surface area contributed by atoms with Gasteiger partial charge in [-0.05, 0) is 42.6 Å². The predicted octanol–water partition coefficient (Wildman–Crippen LogP) is 1.91. The van der Waals surface area contributed by atoms with Crippen LogP contribution in [0.1, 0.15) is 27.6 Å². The molecule has 0 atom stereocenters. The normalized spacial score (nSPS) is 14.6. The van der Waals surface area contributed by atoms with E-state index >= 15 is 0 Å². The zero-order chi connectivity index (χ0) is 22.4. The van der Waals surface area contributed by atoms with E-state index in [9.17, 15) is 22.8 Å². The fourth-order valence-corrected chi connectivity index (χ4v) is 4.99. The Hall–Kier alpha value is -2.80. The van der Waals surface area contributed by atoms with Gasteiger partial charge in [0.05, 0.1) is 30.3 Å². The Morgan fingerprint density at radius 2 is 1.77 bits per heavy atom.